The summed E-state index contributed by atoms with van der Waals surface area (Å²) >= 11 is 0. The van der Waals surface area contributed by atoms with Crippen LogP contribution in [0.4, 0.5) is 0 Å². The normalized spacial score (nSPS) is 23.8. The van der Waals surface area contributed by atoms with Crippen molar-refractivity contribution in [1.29, 1.82) is 0 Å². The zero-order chi connectivity index (χ0) is 21.8. The Kier molecular flexibility index (Phi) is 3.32. The smallest absolute Gasteiger partial charge is 0.114 e. The average molecular weight is 417 g/mol. The Hall–Kier alpha value is -3.20. The molecule has 7 rings (SSSR count). The van der Waals surface area contributed by atoms with E-state index in [1.54, 1.807) is 13.8 Å². The van der Waals surface area contributed by atoms with Crippen LogP contribution in [0.3, 0.4) is 0 Å². The van der Waals surface area contributed by atoms with Crippen molar-refractivity contribution < 1.29 is 10.2 Å². The van der Waals surface area contributed by atoms with E-state index in [1.807, 2.05) is 0 Å². The second-order valence-electron chi connectivity index (χ2n) is 10.1. The van der Waals surface area contributed by atoms with Gasteiger partial charge in [-0.1, -0.05) is 72.8 Å². The van der Waals surface area contributed by atoms with Crippen LogP contribution in [0.2, 0.25) is 0 Å². The molecule has 1 unspecified atom stereocenters. The highest BCUT2D eigenvalue weighted by molar-refractivity contribution is 5.99. The summed E-state index contributed by atoms with van der Waals surface area (Å²) in [6.07, 6.45) is 0. The molecule has 0 fully saturated rings. The lowest BCUT2D eigenvalue weighted by Crippen LogP contribution is -2.53. The molecule has 2 aliphatic rings. The van der Waals surface area contributed by atoms with Crippen LogP contribution in [0.15, 0.2) is 84.9 Å². The summed E-state index contributed by atoms with van der Waals surface area (Å²) < 4.78 is 0. The van der Waals surface area contributed by atoms with Crippen molar-refractivity contribution in [3.63, 3.8) is 0 Å². The van der Waals surface area contributed by atoms with E-state index in [2.05, 4.69) is 84.9 Å². The van der Waals surface area contributed by atoms with Crippen molar-refractivity contribution in [3.05, 3.63) is 107 Å². The van der Waals surface area contributed by atoms with E-state index in [9.17, 15) is 10.2 Å². The van der Waals surface area contributed by atoms with Crippen molar-refractivity contribution in [2.75, 3.05) is 0 Å². The Bertz CT molecular complexity index is 1480. The molecule has 0 amide bonds. The molecule has 2 heteroatoms. The van der Waals surface area contributed by atoms with Gasteiger partial charge in [0, 0.05) is 11.8 Å². The zero-order valence-electron chi connectivity index (χ0n) is 18.1. The van der Waals surface area contributed by atoms with Crippen LogP contribution < -0.4 is 0 Å². The van der Waals surface area contributed by atoms with Crippen molar-refractivity contribution in [1.82, 2.24) is 0 Å². The molecular formula is C30H24O2. The van der Waals surface area contributed by atoms with Crippen LogP contribution in [-0.4, -0.2) is 21.4 Å². The fourth-order valence-corrected chi connectivity index (χ4v) is 6.46. The third kappa shape index (κ3) is 2.12. The molecule has 156 valence electrons. The first-order chi connectivity index (χ1) is 15.4. The highest BCUT2D eigenvalue weighted by atomic mass is 16.4. The van der Waals surface area contributed by atoms with Gasteiger partial charge in [-0.25, -0.2) is 0 Å². The lowest BCUT2D eigenvalue weighted by molar-refractivity contribution is -0.135. The van der Waals surface area contributed by atoms with E-state index in [0.717, 1.165) is 22.3 Å². The number of aliphatic hydroxyl groups is 2. The lowest BCUT2D eigenvalue weighted by Gasteiger charge is -2.40. The maximum absolute atomic E-state index is 12.2. The Morgan fingerprint density at radius 1 is 0.562 bits per heavy atom. The molecule has 32 heavy (non-hydrogen) atoms. The van der Waals surface area contributed by atoms with Crippen LogP contribution in [0.25, 0.3) is 32.3 Å². The van der Waals surface area contributed by atoms with Crippen LogP contribution in [0.1, 0.15) is 47.9 Å². The number of fused-ring (bicyclic) bond motifs is 11. The molecule has 0 spiro atoms. The van der Waals surface area contributed by atoms with Crippen LogP contribution >= 0.6 is 0 Å². The molecule has 0 heterocycles. The number of hydrogen-bond donors (Lipinski definition) is 2. The molecule has 5 aromatic rings. The van der Waals surface area contributed by atoms with Crippen LogP contribution in [0.5, 0.6) is 0 Å². The zero-order valence-corrected chi connectivity index (χ0v) is 18.1. The largest absolute Gasteiger partial charge is 0.387 e. The Balaban J connectivity index is 1.56. The van der Waals surface area contributed by atoms with E-state index in [-0.39, 0.29) is 11.8 Å². The molecule has 3 atom stereocenters. The van der Waals surface area contributed by atoms with Gasteiger partial charge in [0.2, 0.25) is 0 Å². The fraction of sp³-hybridized carbons (Fsp3) is 0.200. The summed E-state index contributed by atoms with van der Waals surface area (Å²) in [5.41, 5.74) is 2.03. The first kappa shape index (κ1) is 18.4. The molecule has 2 aliphatic carbocycles. The summed E-state index contributed by atoms with van der Waals surface area (Å²) in [5.74, 6) is -0.504. The minimum absolute atomic E-state index is 0.252. The summed E-state index contributed by atoms with van der Waals surface area (Å²) in [6.45, 7) is 3.50. The number of benzene rings is 5. The van der Waals surface area contributed by atoms with E-state index in [0.29, 0.717) is 0 Å². The monoisotopic (exact) mass is 416 g/mol. The standard InChI is InChI=1S/C30H24O2/c1-29(2,31)30(32)27-23-13-19-9-5-6-10-20(19)14-24(23)28(30)26-16-22-12-18-8-4-3-7-17(18)11-21(22)15-25(26)27/h3-16,27-28,31-32H,1-2H3/t27-,28+,30?. The fourth-order valence-electron chi connectivity index (χ4n) is 6.46. The second-order valence-corrected chi connectivity index (χ2v) is 10.1. The van der Waals surface area contributed by atoms with E-state index in [4.69, 9.17) is 0 Å². The molecule has 0 radical (unpaired) electrons. The first-order valence-electron chi connectivity index (χ1n) is 11.3. The maximum Gasteiger partial charge on any atom is 0.114 e. The summed E-state index contributed by atoms with van der Waals surface area (Å²) in [7, 11) is 0. The number of hydrogen-bond acceptors (Lipinski definition) is 2. The molecule has 2 N–H and O–H groups in total. The van der Waals surface area contributed by atoms with E-state index in [1.165, 1.54) is 32.3 Å². The van der Waals surface area contributed by atoms with Crippen molar-refractivity contribution >= 4 is 32.3 Å². The highest BCUT2D eigenvalue weighted by Crippen LogP contribution is 2.66. The molecular weight excluding hydrogens is 392 g/mol. The molecule has 0 saturated heterocycles. The third-order valence-corrected chi connectivity index (χ3v) is 7.96. The summed E-state index contributed by atoms with van der Waals surface area (Å²) in [6, 6.07) is 30.2. The SMILES string of the molecule is CC(C)(O)C1(O)[C@@H]2c3cc4ccccc4cc3[C@H]1c1cc3cc4ccccc4cc3cc12. The summed E-state index contributed by atoms with van der Waals surface area (Å²) in [4.78, 5) is 0. The molecule has 2 nitrogen and oxygen atoms in total. The van der Waals surface area contributed by atoms with Gasteiger partial charge >= 0.3 is 0 Å². The van der Waals surface area contributed by atoms with Crippen LogP contribution in [0, 0.1) is 0 Å². The predicted octanol–water partition coefficient (Wildman–Crippen LogP) is 6.24. The minimum atomic E-state index is -1.29. The predicted molar refractivity (Wildman–Crippen MR) is 130 cm³/mol. The van der Waals surface area contributed by atoms with Crippen molar-refractivity contribution in [2.45, 2.75) is 36.9 Å². The van der Waals surface area contributed by atoms with Gasteiger partial charge in [0.05, 0.1) is 5.60 Å². The van der Waals surface area contributed by atoms with Crippen molar-refractivity contribution in [2.24, 2.45) is 0 Å². The van der Waals surface area contributed by atoms with Crippen molar-refractivity contribution in [3.8, 4) is 0 Å². The van der Waals surface area contributed by atoms with Gasteiger partial charge in [0.1, 0.15) is 5.60 Å². The average Bonchev–Trinajstić information content (AvgIpc) is 3.18. The van der Waals surface area contributed by atoms with Gasteiger partial charge in [-0.05, 0) is 80.6 Å². The molecule has 0 saturated carbocycles. The molecule has 0 aromatic heterocycles. The first-order valence-corrected chi connectivity index (χ1v) is 11.3. The molecule has 2 bridgehead atoms. The highest BCUT2D eigenvalue weighted by Gasteiger charge is 2.65. The number of rotatable bonds is 1. The van der Waals surface area contributed by atoms with Gasteiger partial charge in [-0.3, -0.25) is 0 Å². The Morgan fingerprint density at radius 3 is 1.22 bits per heavy atom. The van der Waals surface area contributed by atoms with Gasteiger partial charge in [-0.15, -0.1) is 0 Å². The molecule has 5 aromatic carbocycles. The van der Waals surface area contributed by atoms with Gasteiger partial charge < -0.3 is 10.2 Å². The molecule has 0 aliphatic heterocycles. The van der Waals surface area contributed by atoms with Crippen LogP contribution in [-0.2, 0) is 0 Å². The van der Waals surface area contributed by atoms with E-state index < -0.39 is 11.2 Å². The van der Waals surface area contributed by atoms with Gasteiger partial charge in [0.25, 0.3) is 0 Å². The van der Waals surface area contributed by atoms with Gasteiger partial charge in [0.15, 0.2) is 0 Å². The Labute approximate surface area is 186 Å². The topological polar surface area (TPSA) is 40.5 Å². The van der Waals surface area contributed by atoms with E-state index >= 15 is 0 Å². The second kappa shape index (κ2) is 5.78. The Morgan fingerprint density at radius 2 is 0.875 bits per heavy atom. The third-order valence-electron chi connectivity index (χ3n) is 7.96. The summed E-state index contributed by atoms with van der Waals surface area (Å²) in [5, 5.41) is 30.6. The quantitative estimate of drug-likeness (QED) is 0.318. The van der Waals surface area contributed by atoms with Gasteiger partial charge in [-0.2, -0.15) is 0 Å². The minimum Gasteiger partial charge on any atom is -0.387 e. The maximum atomic E-state index is 12.2. The lowest BCUT2D eigenvalue weighted by atomic mass is 9.74.